The Balaban J connectivity index is 2.88. The maximum atomic E-state index is 6.03. The summed E-state index contributed by atoms with van der Waals surface area (Å²) in [5.74, 6) is 0. The van der Waals surface area contributed by atoms with E-state index in [1.807, 2.05) is 6.07 Å². The van der Waals surface area contributed by atoms with Crippen molar-refractivity contribution in [3.8, 4) is 0 Å². The lowest BCUT2D eigenvalue weighted by atomic mass is 10.0. The lowest BCUT2D eigenvalue weighted by molar-refractivity contribution is 0.209. The zero-order valence-corrected chi connectivity index (χ0v) is 13.5. The van der Waals surface area contributed by atoms with E-state index in [1.54, 1.807) is 0 Å². The number of likely N-dealkylation sites (N-methyl/N-ethyl adjacent to an activating group) is 1. The first kappa shape index (κ1) is 16.0. The Hall–Kier alpha value is -0.0900. The Morgan fingerprint density at radius 1 is 1.39 bits per heavy atom. The Morgan fingerprint density at radius 2 is 2.11 bits per heavy atom. The predicted octanol–water partition coefficient (Wildman–Crippen LogP) is 4.22. The molecule has 0 amide bonds. The zero-order chi connectivity index (χ0) is 13.5. The number of nitrogens with zero attached hydrogens (tertiary/aromatic N) is 1. The highest BCUT2D eigenvalue weighted by atomic mass is 79.9. The molecule has 0 saturated carbocycles. The molecule has 0 heterocycles. The maximum absolute atomic E-state index is 6.03. The second kappa shape index (κ2) is 8.16. The molecule has 0 saturated heterocycles. The molecular weight excluding hydrogens is 312 g/mol. The van der Waals surface area contributed by atoms with Crippen LogP contribution in [0.1, 0.15) is 38.3 Å². The number of nitrogens with two attached hydrogens (primary N) is 1. The summed E-state index contributed by atoms with van der Waals surface area (Å²) >= 11 is 9.51. The van der Waals surface area contributed by atoms with Gasteiger partial charge in [0.25, 0.3) is 0 Å². The van der Waals surface area contributed by atoms with E-state index in [0.717, 1.165) is 22.6 Å². The van der Waals surface area contributed by atoms with Crippen LogP contribution in [-0.4, -0.2) is 24.5 Å². The first-order valence-electron chi connectivity index (χ1n) is 6.53. The van der Waals surface area contributed by atoms with Gasteiger partial charge in [-0.15, -0.1) is 0 Å². The van der Waals surface area contributed by atoms with E-state index in [0.29, 0.717) is 6.54 Å². The molecular formula is C14H22BrClN2. The normalized spacial score (nSPS) is 13.0. The van der Waals surface area contributed by atoms with Crippen molar-refractivity contribution in [2.45, 2.75) is 32.7 Å². The van der Waals surface area contributed by atoms with Gasteiger partial charge in [-0.3, -0.25) is 4.90 Å². The van der Waals surface area contributed by atoms with Crippen molar-refractivity contribution in [2.24, 2.45) is 5.73 Å². The molecule has 0 radical (unpaired) electrons. The highest BCUT2D eigenvalue weighted by Gasteiger charge is 2.17. The largest absolute Gasteiger partial charge is 0.329 e. The van der Waals surface area contributed by atoms with Crippen LogP contribution in [0.25, 0.3) is 0 Å². The van der Waals surface area contributed by atoms with Crippen molar-refractivity contribution in [2.75, 3.05) is 19.6 Å². The monoisotopic (exact) mass is 332 g/mol. The SMILES string of the molecule is CCCCN(CC)C(CN)c1ccc(Cl)c(Br)c1. The molecule has 2 nitrogen and oxygen atoms in total. The van der Waals surface area contributed by atoms with Crippen LogP contribution in [0.2, 0.25) is 5.02 Å². The molecule has 2 N–H and O–H groups in total. The third-order valence-electron chi connectivity index (χ3n) is 3.20. The Kier molecular flexibility index (Phi) is 7.23. The standard InChI is InChI=1S/C14H22BrClN2/c1-3-5-8-18(4-2)14(10-17)11-6-7-13(16)12(15)9-11/h6-7,9,14H,3-5,8,10,17H2,1-2H3. The summed E-state index contributed by atoms with van der Waals surface area (Å²) < 4.78 is 0.937. The number of rotatable bonds is 7. The van der Waals surface area contributed by atoms with E-state index < -0.39 is 0 Å². The number of unbranched alkanes of at least 4 members (excludes halogenated alkanes) is 1. The minimum absolute atomic E-state index is 0.273. The topological polar surface area (TPSA) is 29.3 Å². The highest BCUT2D eigenvalue weighted by Crippen LogP contribution is 2.28. The fourth-order valence-corrected chi connectivity index (χ4v) is 2.63. The van der Waals surface area contributed by atoms with Crippen molar-refractivity contribution in [3.63, 3.8) is 0 Å². The van der Waals surface area contributed by atoms with E-state index in [-0.39, 0.29) is 6.04 Å². The molecule has 0 aliphatic rings. The Morgan fingerprint density at radius 3 is 2.61 bits per heavy atom. The molecule has 1 rings (SSSR count). The number of hydrogen-bond donors (Lipinski definition) is 1. The molecule has 102 valence electrons. The number of halogens is 2. The average Bonchev–Trinajstić information content (AvgIpc) is 2.38. The van der Waals surface area contributed by atoms with Crippen molar-refractivity contribution < 1.29 is 0 Å². The van der Waals surface area contributed by atoms with Crippen LogP contribution in [0.3, 0.4) is 0 Å². The van der Waals surface area contributed by atoms with Crippen LogP contribution in [0.5, 0.6) is 0 Å². The van der Waals surface area contributed by atoms with Crippen molar-refractivity contribution in [1.29, 1.82) is 0 Å². The molecule has 0 aromatic heterocycles. The fraction of sp³-hybridized carbons (Fsp3) is 0.571. The van der Waals surface area contributed by atoms with E-state index in [4.69, 9.17) is 17.3 Å². The molecule has 0 fully saturated rings. The van der Waals surface area contributed by atoms with Crippen molar-refractivity contribution in [1.82, 2.24) is 4.90 Å². The van der Waals surface area contributed by atoms with Gasteiger partial charge in [0, 0.05) is 17.1 Å². The van der Waals surface area contributed by atoms with Gasteiger partial charge in [-0.2, -0.15) is 0 Å². The van der Waals surface area contributed by atoms with Crippen LogP contribution in [0.15, 0.2) is 22.7 Å². The summed E-state index contributed by atoms with van der Waals surface area (Å²) in [4.78, 5) is 2.43. The summed E-state index contributed by atoms with van der Waals surface area (Å²) in [5, 5.41) is 0.742. The maximum Gasteiger partial charge on any atom is 0.0548 e. The summed E-state index contributed by atoms with van der Waals surface area (Å²) in [6, 6.07) is 6.35. The van der Waals surface area contributed by atoms with E-state index in [9.17, 15) is 0 Å². The number of benzene rings is 1. The molecule has 1 unspecified atom stereocenters. The second-order valence-electron chi connectivity index (χ2n) is 4.41. The van der Waals surface area contributed by atoms with Gasteiger partial charge in [0.2, 0.25) is 0 Å². The van der Waals surface area contributed by atoms with Gasteiger partial charge in [0.1, 0.15) is 0 Å². The lowest BCUT2D eigenvalue weighted by Gasteiger charge is -2.30. The average molecular weight is 334 g/mol. The summed E-state index contributed by atoms with van der Waals surface area (Å²) in [7, 11) is 0. The van der Waals surface area contributed by atoms with Crippen LogP contribution < -0.4 is 5.73 Å². The van der Waals surface area contributed by atoms with Crippen LogP contribution in [-0.2, 0) is 0 Å². The van der Waals surface area contributed by atoms with Crippen molar-refractivity contribution in [3.05, 3.63) is 33.3 Å². The number of hydrogen-bond acceptors (Lipinski definition) is 2. The molecule has 1 aromatic rings. The molecule has 0 spiro atoms. The van der Waals surface area contributed by atoms with Gasteiger partial charge < -0.3 is 5.73 Å². The molecule has 1 aromatic carbocycles. The van der Waals surface area contributed by atoms with Crippen LogP contribution in [0.4, 0.5) is 0 Å². The molecule has 0 bridgehead atoms. The van der Waals surface area contributed by atoms with Crippen LogP contribution >= 0.6 is 27.5 Å². The fourth-order valence-electron chi connectivity index (χ4n) is 2.11. The zero-order valence-electron chi connectivity index (χ0n) is 11.1. The molecule has 1 atom stereocenters. The summed E-state index contributed by atoms with van der Waals surface area (Å²) in [6.07, 6.45) is 2.41. The minimum atomic E-state index is 0.273. The van der Waals surface area contributed by atoms with Crippen LogP contribution in [0, 0.1) is 0 Å². The summed E-state index contributed by atoms with van der Waals surface area (Å²) in [5.41, 5.74) is 7.18. The molecule has 0 aliphatic carbocycles. The lowest BCUT2D eigenvalue weighted by Crippen LogP contribution is -2.34. The van der Waals surface area contributed by atoms with Gasteiger partial charge in [0.15, 0.2) is 0 Å². The van der Waals surface area contributed by atoms with Crippen molar-refractivity contribution >= 4 is 27.5 Å². The first-order valence-corrected chi connectivity index (χ1v) is 7.70. The third kappa shape index (κ3) is 4.23. The van der Waals surface area contributed by atoms with E-state index in [1.165, 1.54) is 18.4 Å². The van der Waals surface area contributed by atoms with Gasteiger partial charge in [-0.1, -0.05) is 37.9 Å². The van der Waals surface area contributed by atoms with Gasteiger partial charge in [-0.05, 0) is 53.1 Å². The second-order valence-corrected chi connectivity index (χ2v) is 5.67. The Bertz CT molecular complexity index is 371. The highest BCUT2D eigenvalue weighted by molar-refractivity contribution is 9.10. The summed E-state index contributed by atoms with van der Waals surface area (Å²) in [6.45, 7) is 7.14. The first-order chi connectivity index (χ1) is 8.63. The molecule has 0 aliphatic heterocycles. The van der Waals surface area contributed by atoms with Gasteiger partial charge >= 0.3 is 0 Å². The Labute approximate surface area is 124 Å². The molecule has 4 heteroatoms. The third-order valence-corrected chi connectivity index (χ3v) is 4.41. The molecule has 18 heavy (non-hydrogen) atoms. The van der Waals surface area contributed by atoms with Gasteiger partial charge in [0.05, 0.1) is 5.02 Å². The van der Waals surface area contributed by atoms with Gasteiger partial charge in [-0.25, -0.2) is 0 Å². The van der Waals surface area contributed by atoms with E-state index in [2.05, 4.69) is 46.8 Å². The van der Waals surface area contributed by atoms with E-state index >= 15 is 0 Å². The minimum Gasteiger partial charge on any atom is -0.329 e. The smallest absolute Gasteiger partial charge is 0.0548 e. The quantitative estimate of drug-likeness (QED) is 0.809. The predicted molar refractivity (Wildman–Crippen MR) is 83.1 cm³/mol.